The maximum absolute atomic E-state index is 13.0. The van der Waals surface area contributed by atoms with Gasteiger partial charge in [0, 0.05) is 24.1 Å². The Kier molecular flexibility index (Phi) is 5.51. The molecule has 1 fully saturated rings. The Balaban J connectivity index is 1.34. The molecule has 1 heterocycles. The van der Waals surface area contributed by atoms with Gasteiger partial charge >= 0.3 is 0 Å². The van der Waals surface area contributed by atoms with Crippen molar-refractivity contribution in [2.75, 3.05) is 13.1 Å². The Morgan fingerprint density at radius 1 is 0.774 bits per heavy atom. The first-order chi connectivity index (χ1) is 15.3. The largest absolute Gasteiger partial charge is 0.347 e. The Morgan fingerprint density at radius 3 is 2.29 bits per heavy atom. The van der Waals surface area contributed by atoms with Crippen LogP contribution in [0.3, 0.4) is 0 Å². The minimum absolute atomic E-state index is 0.00893. The first-order valence-electron chi connectivity index (χ1n) is 10.9. The number of carbonyl (C=O) groups excluding carboxylic acids is 1. The molecule has 2 N–H and O–H groups in total. The summed E-state index contributed by atoms with van der Waals surface area (Å²) in [6.07, 6.45) is 1.01. The van der Waals surface area contributed by atoms with Gasteiger partial charge in [-0.1, -0.05) is 84.9 Å². The molecule has 0 spiro atoms. The van der Waals surface area contributed by atoms with E-state index in [0.29, 0.717) is 11.5 Å². The van der Waals surface area contributed by atoms with Crippen LogP contribution in [0.1, 0.15) is 28.3 Å². The van der Waals surface area contributed by atoms with E-state index in [-0.39, 0.29) is 11.9 Å². The van der Waals surface area contributed by atoms with Gasteiger partial charge in [0.1, 0.15) is 0 Å². The Labute approximate surface area is 183 Å². The maximum atomic E-state index is 13.0. The third-order valence-electron chi connectivity index (χ3n) is 6.26. The molecule has 154 valence electrons. The molecule has 0 unspecified atom stereocenters. The van der Waals surface area contributed by atoms with E-state index in [1.807, 2.05) is 42.5 Å². The second-order valence-corrected chi connectivity index (χ2v) is 8.23. The van der Waals surface area contributed by atoms with E-state index in [9.17, 15) is 4.79 Å². The number of hydrogen-bond acceptors (Lipinski definition) is 2. The zero-order valence-corrected chi connectivity index (χ0v) is 17.4. The van der Waals surface area contributed by atoms with Gasteiger partial charge in [0.25, 0.3) is 5.91 Å². The van der Waals surface area contributed by atoms with Crippen LogP contribution in [0.15, 0.2) is 97.1 Å². The molecule has 4 aromatic rings. The van der Waals surface area contributed by atoms with Crippen molar-refractivity contribution in [1.29, 1.82) is 0 Å². The summed E-state index contributed by atoms with van der Waals surface area (Å²) in [4.78, 5) is 13.0. The molecule has 3 nitrogen and oxygen atoms in total. The van der Waals surface area contributed by atoms with E-state index in [1.54, 1.807) is 0 Å². The standard InChI is InChI=1S/C28H26N2O/c31-28(25-15-12-21-8-4-5-9-24(21)18-25)30-27-19-29-17-16-26(27)23-13-10-22(11-14-23)20-6-2-1-3-7-20/h1-15,18,26-27,29H,16-17,19H2,(H,30,31)/t26-,27+/m1/s1. The van der Waals surface area contributed by atoms with Gasteiger partial charge in [-0.2, -0.15) is 0 Å². The number of fused-ring (bicyclic) bond motifs is 1. The van der Waals surface area contributed by atoms with Crippen molar-refractivity contribution in [1.82, 2.24) is 10.6 Å². The van der Waals surface area contributed by atoms with E-state index in [1.165, 1.54) is 16.7 Å². The monoisotopic (exact) mass is 406 g/mol. The summed E-state index contributed by atoms with van der Waals surface area (Å²) < 4.78 is 0. The molecule has 4 aromatic carbocycles. The highest BCUT2D eigenvalue weighted by Crippen LogP contribution is 2.28. The summed E-state index contributed by atoms with van der Waals surface area (Å²) in [5, 5.41) is 8.97. The van der Waals surface area contributed by atoms with Gasteiger partial charge in [0.2, 0.25) is 0 Å². The normalized spacial score (nSPS) is 18.6. The SMILES string of the molecule is O=C(N[C@H]1CNCC[C@@H]1c1ccc(-c2ccccc2)cc1)c1ccc2ccccc2c1. The minimum atomic E-state index is -0.00893. The average Bonchev–Trinajstić information content (AvgIpc) is 2.85. The molecule has 1 aliphatic heterocycles. The van der Waals surface area contributed by atoms with Crippen molar-refractivity contribution >= 4 is 16.7 Å². The summed E-state index contributed by atoms with van der Waals surface area (Å²) in [5.41, 5.74) is 4.43. The van der Waals surface area contributed by atoms with Crippen LogP contribution in [0, 0.1) is 0 Å². The summed E-state index contributed by atoms with van der Waals surface area (Å²) in [6, 6.07) is 33.3. The van der Waals surface area contributed by atoms with Gasteiger partial charge in [0.15, 0.2) is 0 Å². The molecule has 1 amide bonds. The molecule has 0 radical (unpaired) electrons. The molecular weight excluding hydrogens is 380 g/mol. The molecule has 0 aliphatic carbocycles. The second kappa shape index (κ2) is 8.75. The Morgan fingerprint density at radius 2 is 1.48 bits per heavy atom. The minimum Gasteiger partial charge on any atom is -0.347 e. The fraction of sp³-hybridized carbons (Fsp3) is 0.179. The zero-order valence-electron chi connectivity index (χ0n) is 17.4. The van der Waals surface area contributed by atoms with Crippen molar-refractivity contribution in [2.24, 2.45) is 0 Å². The lowest BCUT2D eigenvalue weighted by atomic mass is 9.85. The summed E-state index contributed by atoms with van der Waals surface area (Å²) >= 11 is 0. The van der Waals surface area contributed by atoms with Crippen molar-refractivity contribution in [3.8, 4) is 11.1 Å². The van der Waals surface area contributed by atoms with Gasteiger partial charge < -0.3 is 10.6 Å². The Hall–Kier alpha value is -3.43. The van der Waals surface area contributed by atoms with Crippen LogP contribution in [0.5, 0.6) is 0 Å². The molecule has 2 atom stereocenters. The molecule has 0 aromatic heterocycles. The van der Waals surface area contributed by atoms with E-state index in [2.05, 4.69) is 65.2 Å². The number of benzene rings is 4. The zero-order chi connectivity index (χ0) is 21.0. The molecule has 31 heavy (non-hydrogen) atoms. The Bertz CT molecular complexity index is 1180. The predicted molar refractivity (Wildman–Crippen MR) is 127 cm³/mol. The fourth-order valence-electron chi connectivity index (χ4n) is 4.54. The summed E-state index contributed by atoms with van der Waals surface area (Å²) in [7, 11) is 0. The molecule has 0 saturated carbocycles. The van der Waals surface area contributed by atoms with Crippen LogP contribution in [0.4, 0.5) is 0 Å². The highest BCUT2D eigenvalue weighted by molar-refractivity contribution is 5.98. The smallest absolute Gasteiger partial charge is 0.251 e. The van der Waals surface area contributed by atoms with Crippen LogP contribution >= 0.6 is 0 Å². The van der Waals surface area contributed by atoms with Crippen molar-refractivity contribution in [2.45, 2.75) is 18.4 Å². The highest BCUT2D eigenvalue weighted by Gasteiger charge is 2.28. The quantitative estimate of drug-likeness (QED) is 0.478. The maximum Gasteiger partial charge on any atom is 0.251 e. The lowest BCUT2D eigenvalue weighted by molar-refractivity contribution is 0.0924. The van der Waals surface area contributed by atoms with Crippen molar-refractivity contribution < 1.29 is 4.79 Å². The van der Waals surface area contributed by atoms with Gasteiger partial charge in [0.05, 0.1) is 0 Å². The molecular formula is C28H26N2O. The highest BCUT2D eigenvalue weighted by atomic mass is 16.1. The lowest BCUT2D eigenvalue weighted by Gasteiger charge is -2.33. The van der Waals surface area contributed by atoms with Crippen LogP contribution in [-0.2, 0) is 0 Å². The molecule has 1 aliphatic rings. The number of rotatable bonds is 4. The number of amides is 1. The second-order valence-electron chi connectivity index (χ2n) is 8.23. The molecule has 0 bridgehead atoms. The van der Waals surface area contributed by atoms with Gasteiger partial charge in [-0.3, -0.25) is 4.79 Å². The first-order valence-corrected chi connectivity index (χ1v) is 10.9. The van der Waals surface area contributed by atoms with Crippen molar-refractivity contribution in [3.05, 3.63) is 108 Å². The summed E-state index contributed by atoms with van der Waals surface area (Å²) in [5.74, 6) is 0.292. The third-order valence-corrected chi connectivity index (χ3v) is 6.26. The van der Waals surface area contributed by atoms with Crippen LogP contribution in [0.2, 0.25) is 0 Å². The van der Waals surface area contributed by atoms with Gasteiger partial charge in [-0.25, -0.2) is 0 Å². The predicted octanol–water partition coefficient (Wildman–Crippen LogP) is 5.38. The number of carbonyl (C=O) groups is 1. The third kappa shape index (κ3) is 4.23. The van der Waals surface area contributed by atoms with E-state index < -0.39 is 0 Å². The van der Waals surface area contributed by atoms with Gasteiger partial charge in [-0.05, 0) is 52.6 Å². The molecule has 3 heteroatoms. The summed E-state index contributed by atoms with van der Waals surface area (Å²) in [6.45, 7) is 1.75. The first kappa shape index (κ1) is 19.5. The fourth-order valence-corrected chi connectivity index (χ4v) is 4.54. The lowest BCUT2D eigenvalue weighted by Crippen LogP contribution is -2.50. The molecule has 1 saturated heterocycles. The average molecular weight is 407 g/mol. The van der Waals surface area contributed by atoms with Crippen LogP contribution in [0.25, 0.3) is 21.9 Å². The topological polar surface area (TPSA) is 41.1 Å². The number of hydrogen-bond donors (Lipinski definition) is 2. The van der Waals surface area contributed by atoms with Crippen LogP contribution in [-0.4, -0.2) is 25.0 Å². The van der Waals surface area contributed by atoms with E-state index >= 15 is 0 Å². The van der Waals surface area contributed by atoms with E-state index in [0.717, 1.165) is 30.3 Å². The van der Waals surface area contributed by atoms with Crippen LogP contribution < -0.4 is 10.6 Å². The van der Waals surface area contributed by atoms with E-state index in [4.69, 9.17) is 0 Å². The number of nitrogens with one attached hydrogen (secondary N) is 2. The van der Waals surface area contributed by atoms with Crippen molar-refractivity contribution in [3.63, 3.8) is 0 Å². The number of piperidine rings is 1. The van der Waals surface area contributed by atoms with Gasteiger partial charge in [-0.15, -0.1) is 0 Å². The molecule has 5 rings (SSSR count).